The first-order valence-corrected chi connectivity index (χ1v) is 5.55. The van der Waals surface area contributed by atoms with Crippen molar-refractivity contribution in [3.63, 3.8) is 0 Å². The summed E-state index contributed by atoms with van der Waals surface area (Å²) in [6.45, 7) is 1.43. The molecule has 15 heavy (non-hydrogen) atoms. The second-order valence-electron chi connectivity index (χ2n) is 2.95. The quantitative estimate of drug-likeness (QED) is 0.376. The number of nitrogens with zero attached hydrogens (tertiary/aromatic N) is 1. The summed E-state index contributed by atoms with van der Waals surface area (Å²) in [5.41, 5.74) is 0.689. The summed E-state index contributed by atoms with van der Waals surface area (Å²) in [5, 5.41) is 16.7. The molecule has 1 rings (SSSR count). The molecular formula is C9H12IN3O2. The van der Waals surface area contributed by atoms with Gasteiger partial charge < -0.3 is 10.6 Å². The van der Waals surface area contributed by atoms with Crippen molar-refractivity contribution in [2.75, 3.05) is 25.5 Å². The molecule has 0 aliphatic rings. The van der Waals surface area contributed by atoms with Crippen LogP contribution in [0, 0.1) is 13.7 Å². The topological polar surface area (TPSA) is 67.2 Å². The van der Waals surface area contributed by atoms with Gasteiger partial charge in [0.1, 0.15) is 5.69 Å². The second kappa shape index (κ2) is 5.86. The van der Waals surface area contributed by atoms with Gasteiger partial charge in [0.25, 0.3) is 5.69 Å². The number of likely N-dealkylation sites (N-methyl/N-ethyl adjacent to an activating group) is 1. The maximum Gasteiger partial charge on any atom is 0.293 e. The Labute approximate surface area is 102 Å². The Bertz CT molecular complexity index is 357. The Hall–Kier alpha value is -0.890. The lowest BCUT2D eigenvalue weighted by Crippen LogP contribution is -2.18. The molecule has 0 aliphatic heterocycles. The van der Waals surface area contributed by atoms with Crippen LogP contribution in [-0.2, 0) is 0 Å². The molecule has 0 amide bonds. The summed E-state index contributed by atoms with van der Waals surface area (Å²) in [4.78, 5) is 10.4. The molecule has 0 aromatic heterocycles. The molecule has 1 aromatic carbocycles. The molecule has 0 unspecified atom stereocenters. The molecule has 0 aliphatic carbocycles. The summed E-state index contributed by atoms with van der Waals surface area (Å²) in [7, 11) is 1.84. The van der Waals surface area contributed by atoms with E-state index in [1.54, 1.807) is 12.1 Å². The highest BCUT2D eigenvalue weighted by atomic mass is 127. The minimum atomic E-state index is -0.371. The second-order valence-corrected chi connectivity index (χ2v) is 4.19. The van der Waals surface area contributed by atoms with Crippen molar-refractivity contribution in [3.8, 4) is 0 Å². The van der Waals surface area contributed by atoms with Crippen molar-refractivity contribution in [2.45, 2.75) is 0 Å². The molecule has 0 radical (unpaired) electrons. The molecule has 0 fully saturated rings. The number of anilines is 1. The number of halogens is 1. The molecule has 0 heterocycles. The average molecular weight is 321 g/mol. The SMILES string of the molecule is CNCCNc1ccc(I)cc1[N+](=O)[O-]. The van der Waals surface area contributed by atoms with Crippen molar-refractivity contribution in [3.05, 3.63) is 31.9 Å². The molecule has 1 aromatic rings. The van der Waals surface area contributed by atoms with E-state index in [0.717, 1.165) is 10.1 Å². The van der Waals surface area contributed by atoms with Gasteiger partial charge in [-0.1, -0.05) is 0 Å². The Morgan fingerprint density at radius 3 is 2.80 bits per heavy atom. The number of hydrogen-bond acceptors (Lipinski definition) is 4. The summed E-state index contributed by atoms with van der Waals surface area (Å²) >= 11 is 2.06. The number of benzene rings is 1. The average Bonchev–Trinajstić information content (AvgIpc) is 2.20. The van der Waals surface area contributed by atoms with Crippen LogP contribution >= 0.6 is 22.6 Å². The maximum atomic E-state index is 10.8. The normalized spacial score (nSPS) is 10.0. The van der Waals surface area contributed by atoms with Crippen molar-refractivity contribution in [1.82, 2.24) is 5.32 Å². The van der Waals surface area contributed by atoms with Gasteiger partial charge in [-0.15, -0.1) is 0 Å². The third-order valence-electron chi connectivity index (χ3n) is 1.85. The van der Waals surface area contributed by atoms with Crippen LogP contribution in [0.5, 0.6) is 0 Å². The minimum Gasteiger partial charge on any atom is -0.378 e. The molecule has 0 spiro atoms. The van der Waals surface area contributed by atoms with Crippen LogP contribution in [0.15, 0.2) is 18.2 Å². The molecule has 5 nitrogen and oxygen atoms in total. The van der Waals surface area contributed by atoms with Gasteiger partial charge in [-0.25, -0.2) is 0 Å². The van der Waals surface area contributed by atoms with Crippen LogP contribution in [0.25, 0.3) is 0 Å². The zero-order chi connectivity index (χ0) is 11.3. The summed E-state index contributed by atoms with van der Waals surface area (Å²) in [5.74, 6) is 0. The van der Waals surface area contributed by atoms with Gasteiger partial charge in [-0.05, 0) is 41.8 Å². The number of hydrogen-bond donors (Lipinski definition) is 2. The first-order valence-electron chi connectivity index (χ1n) is 4.47. The summed E-state index contributed by atoms with van der Waals surface area (Å²) < 4.78 is 0.860. The van der Waals surface area contributed by atoms with Crippen molar-refractivity contribution >= 4 is 34.0 Å². The molecule has 82 valence electrons. The number of rotatable bonds is 5. The van der Waals surface area contributed by atoms with Gasteiger partial charge in [-0.3, -0.25) is 10.1 Å². The lowest BCUT2D eigenvalue weighted by atomic mass is 10.2. The van der Waals surface area contributed by atoms with Crippen LogP contribution in [0.3, 0.4) is 0 Å². The third-order valence-corrected chi connectivity index (χ3v) is 2.52. The summed E-state index contributed by atoms with van der Waals surface area (Å²) in [6, 6.07) is 5.13. The van der Waals surface area contributed by atoms with Gasteiger partial charge in [-0.2, -0.15) is 0 Å². The van der Waals surface area contributed by atoms with Gasteiger partial charge in [0.2, 0.25) is 0 Å². The van der Waals surface area contributed by atoms with E-state index in [1.807, 2.05) is 13.1 Å². The van der Waals surface area contributed by atoms with Crippen molar-refractivity contribution < 1.29 is 4.92 Å². The van der Waals surface area contributed by atoms with Crippen LogP contribution in [-0.4, -0.2) is 25.1 Å². The van der Waals surface area contributed by atoms with E-state index in [2.05, 4.69) is 33.2 Å². The van der Waals surface area contributed by atoms with Crippen LogP contribution in [0.4, 0.5) is 11.4 Å². The predicted molar refractivity (Wildman–Crippen MR) is 68.2 cm³/mol. The van der Waals surface area contributed by atoms with Gasteiger partial charge >= 0.3 is 0 Å². The first kappa shape index (κ1) is 12.2. The number of nitro groups is 1. The standard InChI is InChI=1S/C9H12IN3O2/c1-11-4-5-12-8-3-2-7(10)6-9(8)13(14)15/h2-3,6,11-12H,4-5H2,1H3. The van der Waals surface area contributed by atoms with E-state index >= 15 is 0 Å². The molecule has 0 saturated heterocycles. The molecule has 6 heteroatoms. The van der Waals surface area contributed by atoms with Gasteiger partial charge in [0.15, 0.2) is 0 Å². The molecular weight excluding hydrogens is 309 g/mol. The highest BCUT2D eigenvalue weighted by molar-refractivity contribution is 14.1. The van der Waals surface area contributed by atoms with E-state index in [9.17, 15) is 10.1 Å². The lowest BCUT2D eigenvalue weighted by molar-refractivity contribution is -0.384. The first-order chi connectivity index (χ1) is 7.15. The monoisotopic (exact) mass is 321 g/mol. The fraction of sp³-hybridized carbons (Fsp3) is 0.333. The molecule has 0 bridgehead atoms. The number of nitro benzene ring substituents is 1. The Morgan fingerprint density at radius 2 is 2.20 bits per heavy atom. The van der Waals surface area contributed by atoms with E-state index < -0.39 is 0 Å². The Kier molecular flexibility index (Phi) is 4.76. The van der Waals surface area contributed by atoms with Crippen LogP contribution < -0.4 is 10.6 Å². The third kappa shape index (κ3) is 3.63. The summed E-state index contributed by atoms with van der Waals surface area (Å²) in [6.07, 6.45) is 0. The van der Waals surface area contributed by atoms with E-state index in [0.29, 0.717) is 12.2 Å². The van der Waals surface area contributed by atoms with Crippen molar-refractivity contribution in [2.24, 2.45) is 0 Å². The highest BCUT2D eigenvalue weighted by Crippen LogP contribution is 2.25. The smallest absolute Gasteiger partial charge is 0.293 e. The van der Waals surface area contributed by atoms with E-state index in [-0.39, 0.29) is 10.6 Å². The largest absolute Gasteiger partial charge is 0.378 e. The Morgan fingerprint density at radius 1 is 1.47 bits per heavy atom. The van der Waals surface area contributed by atoms with Crippen molar-refractivity contribution in [1.29, 1.82) is 0 Å². The molecule has 0 saturated carbocycles. The predicted octanol–water partition coefficient (Wildman–Crippen LogP) is 1.83. The van der Waals surface area contributed by atoms with E-state index in [4.69, 9.17) is 0 Å². The van der Waals surface area contributed by atoms with Crippen LogP contribution in [0.2, 0.25) is 0 Å². The Balaban J connectivity index is 2.81. The lowest BCUT2D eigenvalue weighted by Gasteiger charge is -2.06. The zero-order valence-corrected chi connectivity index (χ0v) is 10.4. The minimum absolute atomic E-state index is 0.123. The fourth-order valence-corrected chi connectivity index (χ4v) is 1.60. The maximum absolute atomic E-state index is 10.8. The fourth-order valence-electron chi connectivity index (χ4n) is 1.13. The number of nitrogens with one attached hydrogen (secondary N) is 2. The van der Waals surface area contributed by atoms with Crippen LogP contribution in [0.1, 0.15) is 0 Å². The van der Waals surface area contributed by atoms with Gasteiger partial charge in [0.05, 0.1) is 4.92 Å². The molecule has 0 atom stereocenters. The van der Waals surface area contributed by atoms with E-state index in [1.165, 1.54) is 0 Å². The zero-order valence-electron chi connectivity index (χ0n) is 8.29. The van der Waals surface area contributed by atoms with Gasteiger partial charge in [0, 0.05) is 22.7 Å². The highest BCUT2D eigenvalue weighted by Gasteiger charge is 2.12. The molecule has 2 N–H and O–H groups in total.